The number of hydrogen-bond acceptors (Lipinski definition) is 3. The molecule has 1 aromatic heterocycles. The van der Waals surface area contributed by atoms with E-state index in [1.54, 1.807) is 12.1 Å². The number of hydrogen-bond donors (Lipinski definition) is 2. The molecule has 25 heavy (non-hydrogen) atoms. The van der Waals surface area contributed by atoms with Crippen molar-refractivity contribution in [3.05, 3.63) is 75.8 Å². The summed E-state index contributed by atoms with van der Waals surface area (Å²) < 4.78 is 0. The van der Waals surface area contributed by atoms with Gasteiger partial charge < -0.3 is 11.1 Å². The maximum Gasteiger partial charge on any atom is 0.257 e. The van der Waals surface area contributed by atoms with Crippen LogP contribution in [-0.2, 0) is 0 Å². The highest BCUT2D eigenvalue weighted by Crippen LogP contribution is 2.35. The van der Waals surface area contributed by atoms with E-state index in [-0.39, 0.29) is 16.1 Å². The van der Waals surface area contributed by atoms with Crippen LogP contribution < -0.4 is 11.1 Å². The molecule has 0 unspecified atom stereocenters. The third-order valence-corrected chi connectivity index (χ3v) is 5.12. The number of anilines is 1. The summed E-state index contributed by atoms with van der Waals surface area (Å²) in [6.07, 6.45) is 0. The highest BCUT2D eigenvalue weighted by molar-refractivity contribution is 7.20. The topological polar surface area (TPSA) is 72.2 Å². The smallest absolute Gasteiger partial charge is 0.257 e. The predicted molar refractivity (Wildman–Crippen MR) is 103 cm³/mol. The average molecular weight is 391 g/mol. The molecule has 7 heteroatoms. The molecule has 0 saturated heterocycles. The van der Waals surface area contributed by atoms with Gasteiger partial charge in [0.25, 0.3) is 11.8 Å². The lowest BCUT2D eigenvalue weighted by Crippen LogP contribution is -2.16. The molecule has 0 fully saturated rings. The molecule has 0 bridgehead atoms. The van der Waals surface area contributed by atoms with Crippen molar-refractivity contribution in [2.24, 2.45) is 5.73 Å². The van der Waals surface area contributed by atoms with E-state index >= 15 is 0 Å². The lowest BCUT2D eigenvalue weighted by Gasteiger charge is -2.06. The van der Waals surface area contributed by atoms with Crippen LogP contribution in [0.25, 0.3) is 10.4 Å². The SMILES string of the molecule is NC(=O)c1cc(-c2ccccc2)sc1NC(=O)c1cc(Cl)ccc1Cl. The Morgan fingerprint density at radius 2 is 1.68 bits per heavy atom. The number of rotatable bonds is 4. The first-order chi connectivity index (χ1) is 12.0. The molecule has 0 radical (unpaired) electrons. The molecule has 1 heterocycles. The summed E-state index contributed by atoms with van der Waals surface area (Å²) in [4.78, 5) is 25.1. The van der Waals surface area contributed by atoms with Crippen LogP contribution in [0.4, 0.5) is 5.00 Å². The number of nitrogens with one attached hydrogen (secondary N) is 1. The average Bonchev–Trinajstić information content (AvgIpc) is 3.02. The Balaban J connectivity index is 1.96. The van der Waals surface area contributed by atoms with Crippen molar-refractivity contribution in [1.82, 2.24) is 0 Å². The normalized spacial score (nSPS) is 10.5. The number of carbonyl (C=O) groups excluding carboxylic acids is 2. The zero-order chi connectivity index (χ0) is 18.0. The van der Waals surface area contributed by atoms with E-state index in [0.717, 1.165) is 10.4 Å². The van der Waals surface area contributed by atoms with Crippen LogP contribution in [0.5, 0.6) is 0 Å². The summed E-state index contributed by atoms with van der Waals surface area (Å²) in [6, 6.07) is 15.8. The Morgan fingerprint density at radius 1 is 0.960 bits per heavy atom. The third-order valence-electron chi connectivity index (χ3n) is 3.46. The number of halogens is 2. The van der Waals surface area contributed by atoms with Gasteiger partial charge in [-0.15, -0.1) is 11.3 Å². The molecule has 4 nitrogen and oxygen atoms in total. The molecule has 0 saturated carbocycles. The quantitative estimate of drug-likeness (QED) is 0.652. The summed E-state index contributed by atoms with van der Waals surface area (Å²) in [5, 5.41) is 3.73. The van der Waals surface area contributed by atoms with Gasteiger partial charge in [-0.25, -0.2) is 0 Å². The summed E-state index contributed by atoms with van der Waals surface area (Å²) in [7, 11) is 0. The number of amides is 2. The van der Waals surface area contributed by atoms with Crippen LogP contribution in [0.1, 0.15) is 20.7 Å². The standard InChI is InChI=1S/C18H12Cl2N2O2S/c19-11-6-7-14(20)12(8-11)17(24)22-18-13(16(21)23)9-15(25-18)10-4-2-1-3-5-10/h1-9H,(H2,21,23)(H,22,24). The van der Waals surface area contributed by atoms with Gasteiger partial charge in [-0.2, -0.15) is 0 Å². The molecular formula is C18H12Cl2N2O2S. The molecule has 0 aliphatic carbocycles. The lowest BCUT2D eigenvalue weighted by molar-refractivity contribution is 0.100. The second-order valence-electron chi connectivity index (χ2n) is 5.16. The summed E-state index contributed by atoms with van der Waals surface area (Å²) in [5.74, 6) is -1.08. The van der Waals surface area contributed by atoms with E-state index in [1.165, 1.54) is 23.5 Å². The van der Waals surface area contributed by atoms with Crippen molar-refractivity contribution in [3.8, 4) is 10.4 Å². The Hall–Kier alpha value is -2.34. The number of nitrogens with two attached hydrogens (primary N) is 1. The maximum atomic E-state index is 12.5. The van der Waals surface area contributed by atoms with Crippen LogP contribution in [0.2, 0.25) is 10.0 Å². The molecule has 0 aliphatic heterocycles. The number of benzene rings is 2. The second kappa shape index (κ2) is 7.27. The van der Waals surface area contributed by atoms with Crippen LogP contribution in [0.15, 0.2) is 54.6 Å². The summed E-state index contributed by atoms with van der Waals surface area (Å²) in [5.41, 5.74) is 6.84. The fourth-order valence-electron chi connectivity index (χ4n) is 2.25. The van der Waals surface area contributed by atoms with Gasteiger partial charge in [0.1, 0.15) is 5.00 Å². The molecule has 0 atom stereocenters. The third kappa shape index (κ3) is 3.85. The molecule has 3 N–H and O–H groups in total. The Kier molecular flexibility index (Phi) is 5.08. The van der Waals surface area contributed by atoms with E-state index in [4.69, 9.17) is 28.9 Å². The van der Waals surface area contributed by atoms with Crippen LogP contribution in [0, 0.1) is 0 Å². The van der Waals surface area contributed by atoms with E-state index in [9.17, 15) is 9.59 Å². The minimum absolute atomic E-state index is 0.222. The lowest BCUT2D eigenvalue weighted by atomic mass is 10.1. The number of carbonyl (C=O) groups is 2. The van der Waals surface area contributed by atoms with Gasteiger partial charge in [0.05, 0.1) is 16.1 Å². The van der Waals surface area contributed by atoms with Gasteiger partial charge in [0.15, 0.2) is 0 Å². The minimum atomic E-state index is -0.620. The minimum Gasteiger partial charge on any atom is -0.366 e. The molecule has 2 amide bonds. The van der Waals surface area contributed by atoms with E-state index in [1.807, 2.05) is 30.3 Å². The van der Waals surface area contributed by atoms with Crippen molar-refractivity contribution in [2.75, 3.05) is 5.32 Å². The predicted octanol–water partition coefficient (Wildman–Crippen LogP) is 5.07. The largest absolute Gasteiger partial charge is 0.366 e. The maximum absolute atomic E-state index is 12.5. The first kappa shape index (κ1) is 17.5. The highest BCUT2D eigenvalue weighted by atomic mass is 35.5. The fourth-order valence-corrected chi connectivity index (χ4v) is 3.69. The fraction of sp³-hybridized carbons (Fsp3) is 0. The first-order valence-electron chi connectivity index (χ1n) is 7.21. The monoisotopic (exact) mass is 390 g/mol. The van der Waals surface area contributed by atoms with Crippen molar-refractivity contribution < 1.29 is 9.59 Å². The van der Waals surface area contributed by atoms with Crippen LogP contribution in [0.3, 0.4) is 0 Å². The Labute approximate surface area is 158 Å². The molecule has 0 aliphatic rings. The van der Waals surface area contributed by atoms with Crippen LogP contribution >= 0.6 is 34.5 Å². The molecule has 3 rings (SSSR count). The molecule has 126 valence electrons. The summed E-state index contributed by atoms with van der Waals surface area (Å²) in [6.45, 7) is 0. The first-order valence-corrected chi connectivity index (χ1v) is 8.78. The zero-order valence-electron chi connectivity index (χ0n) is 12.8. The van der Waals surface area contributed by atoms with Crippen molar-refractivity contribution in [2.45, 2.75) is 0 Å². The Bertz CT molecular complexity index is 955. The molecule has 3 aromatic rings. The number of primary amides is 1. The van der Waals surface area contributed by atoms with Gasteiger partial charge in [-0.1, -0.05) is 53.5 Å². The van der Waals surface area contributed by atoms with Gasteiger partial charge in [-0.05, 0) is 29.8 Å². The van der Waals surface area contributed by atoms with Crippen molar-refractivity contribution in [3.63, 3.8) is 0 Å². The molecule has 2 aromatic carbocycles. The number of thiophene rings is 1. The van der Waals surface area contributed by atoms with E-state index in [2.05, 4.69) is 5.32 Å². The van der Waals surface area contributed by atoms with Gasteiger partial charge in [0, 0.05) is 9.90 Å². The van der Waals surface area contributed by atoms with E-state index < -0.39 is 11.8 Å². The van der Waals surface area contributed by atoms with Crippen molar-refractivity contribution >= 4 is 51.4 Å². The molecular weight excluding hydrogens is 379 g/mol. The highest BCUT2D eigenvalue weighted by Gasteiger charge is 2.19. The van der Waals surface area contributed by atoms with Gasteiger partial charge in [-0.3, -0.25) is 9.59 Å². The van der Waals surface area contributed by atoms with E-state index in [0.29, 0.717) is 10.0 Å². The summed E-state index contributed by atoms with van der Waals surface area (Å²) >= 11 is 13.2. The second-order valence-corrected chi connectivity index (χ2v) is 7.06. The van der Waals surface area contributed by atoms with Gasteiger partial charge >= 0.3 is 0 Å². The molecule has 0 spiro atoms. The Morgan fingerprint density at radius 3 is 2.36 bits per heavy atom. The van der Waals surface area contributed by atoms with Gasteiger partial charge in [0.2, 0.25) is 0 Å². The van der Waals surface area contributed by atoms with Crippen molar-refractivity contribution in [1.29, 1.82) is 0 Å². The zero-order valence-corrected chi connectivity index (χ0v) is 15.1. The van der Waals surface area contributed by atoms with Crippen LogP contribution in [-0.4, -0.2) is 11.8 Å².